The Morgan fingerprint density at radius 1 is 0.619 bits per heavy atom. The number of rotatable bonds is 4. The minimum Gasteiger partial charge on any atom is -0.496 e. The van der Waals surface area contributed by atoms with Crippen LogP contribution in [0.4, 0.5) is 0 Å². The van der Waals surface area contributed by atoms with Gasteiger partial charge in [0.1, 0.15) is 11.5 Å². The number of H-pyrrole nitrogens is 1. The number of hydrogen-bond donors (Lipinski definition) is 1. The summed E-state index contributed by atoms with van der Waals surface area (Å²) in [6.07, 6.45) is 3.97. The maximum atomic E-state index is 5.47. The van der Waals surface area contributed by atoms with Gasteiger partial charge in [0.05, 0.1) is 14.2 Å². The first kappa shape index (κ1) is 13.3. The Kier molecular flexibility index (Phi) is 3.65. The minimum atomic E-state index is 0.855. The van der Waals surface area contributed by atoms with E-state index in [1.54, 1.807) is 14.2 Å². The van der Waals surface area contributed by atoms with Crippen LogP contribution >= 0.6 is 0 Å². The molecule has 0 aliphatic heterocycles. The van der Waals surface area contributed by atoms with Crippen molar-refractivity contribution in [3.8, 4) is 33.8 Å². The molecule has 1 aromatic heterocycles. The van der Waals surface area contributed by atoms with Crippen molar-refractivity contribution in [2.45, 2.75) is 0 Å². The van der Waals surface area contributed by atoms with Crippen molar-refractivity contribution in [3.63, 3.8) is 0 Å². The molecule has 3 nitrogen and oxygen atoms in total. The van der Waals surface area contributed by atoms with Gasteiger partial charge in [0.25, 0.3) is 0 Å². The van der Waals surface area contributed by atoms with Crippen LogP contribution in [0.25, 0.3) is 22.3 Å². The zero-order valence-electron chi connectivity index (χ0n) is 12.1. The van der Waals surface area contributed by atoms with Crippen LogP contribution in [0.1, 0.15) is 0 Å². The second-order valence-electron chi connectivity index (χ2n) is 4.68. The van der Waals surface area contributed by atoms with E-state index in [0.717, 1.165) is 33.8 Å². The van der Waals surface area contributed by atoms with Crippen molar-refractivity contribution in [2.24, 2.45) is 0 Å². The fourth-order valence-corrected chi connectivity index (χ4v) is 2.54. The van der Waals surface area contributed by atoms with Crippen molar-refractivity contribution < 1.29 is 9.47 Å². The molecule has 3 aromatic rings. The summed E-state index contributed by atoms with van der Waals surface area (Å²) < 4.78 is 10.9. The number of aromatic nitrogens is 1. The molecule has 0 bridgehead atoms. The normalized spacial score (nSPS) is 10.4. The number of para-hydroxylation sites is 2. The predicted octanol–water partition coefficient (Wildman–Crippen LogP) is 4.37. The lowest BCUT2D eigenvalue weighted by Crippen LogP contribution is -1.90. The van der Waals surface area contributed by atoms with Gasteiger partial charge < -0.3 is 14.5 Å². The molecule has 2 aromatic carbocycles. The van der Waals surface area contributed by atoms with E-state index in [-0.39, 0.29) is 0 Å². The minimum absolute atomic E-state index is 0.855. The van der Waals surface area contributed by atoms with Gasteiger partial charge in [-0.05, 0) is 12.1 Å². The number of hydrogen-bond acceptors (Lipinski definition) is 2. The number of aromatic amines is 1. The lowest BCUT2D eigenvalue weighted by atomic mass is 9.98. The fourth-order valence-electron chi connectivity index (χ4n) is 2.54. The molecule has 21 heavy (non-hydrogen) atoms. The Morgan fingerprint density at radius 3 is 1.48 bits per heavy atom. The van der Waals surface area contributed by atoms with Gasteiger partial charge in [0, 0.05) is 34.6 Å². The standard InChI is InChI=1S/C18H17NO2/c1-20-17-9-5-3-7-13(17)15-11-19-12-16(15)14-8-4-6-10-18(14)21-2/h3-12,19H,1-2H3. The summed E-state index contributed by atoms with van der Waals surface area (Å²) in [5, 5.41) is 0. The highest BCUT2D eigenvalue weighted by Gasteiger charge is 2.14. The van der Waals surface area contributed by atoms with Crippen LogP contribution in [-0.4, -0.2) is 19.2 Å². The Hall–Kier alpha value is -2.68. The van der Waals surface area contributed by atoms with Crippen molar-refractivity contribution in [1.29, 1.82) is 0 Å². The van der Waals surface area contributed by atoms with E-state index in [9.17, 15) is 0 Å². The van der Waals surface area contributed by atoms with Gasteiger partial charge in [0.2, 0.25) is 0 Å². The summed E-state index contributed by atoms with van der Waals surface area (Å²) in [7, 11) is 3.38. The molecule has 0 spiro atoms. The lowest BCUT2D eigenvalue weighted by Gasteiger charge is -2.11. The van der Waals surface area contributed by atoms with Crippen LogP contribution < -0.4 is 9.47 Å². The van der Waals surface area contributed by atoms with E-state index < -0.39 is 0 Å². The van der Waals surface area contributed by atoms with E-state index >= 15 is 0 Å². The quantitative estimate of drug-likeness (QED) is 0.769. The summed E-state index contributed by atoms with van der Waals surface area (Å²) in [6, 6.07) is 16.0. The predicted molar refractivity (Wildman–Crippen MR) is 84.8 cm³/mol. The highest BCUT2D eigenvalue weighted by molar-refractivity contribution is 5.87. The summed E-state index contributed by atoms with van der Waals surface area (Å²) in [5.74, 6) is 1.71. The molecular weight excluding hydrogens is 262 g/mol. The Balaban J connectivity index is 2.18. The van der Waals surface area contributed by atoms with Gasteiger partial charge in [-0.3, -0.25) is 0 Å². The molecule has 0 fully saturated rings. The first-order valence-corrected chi connectivity index (χ1v) is 6.78. The maximum Gasteiger partial charge on any atom is 0.126 e. The smallest absolute Gasteiger partial charge is 0.126 e. The van der Waals surface area contributed by atoms with Crippen molar-refractivity contribution in [3.05, 3.63) is 60.9 Å². The largest absolute Gasteiger partial charge is 0.496 e. The Bertz CT molecular complexity index is 684. The van der Waals surface area contributed by atoms with Gasteiger partial charge in [0.15, 0.2) is 0 Å². The van der Waals surface area contributed by atoms with Gasteiger partial charge in [-0.1, -0.05) is 36.4 Å². The number of ether oxygens (including phenoxy) is 2. The molecule has 0 unspecified atom stereocenters. The molecule has 0 atom stereocenters. The van der Waals surface area contributed by atoms with Crippen LogP contribution in [0.2, 0.25) is 0 Å². The molecule has 0 amide bonds. The fraction of sp³-hybridized carbons (Fsp3) is 0.111. The van der Waals surface area contributed by atoms with Crippen molar-refractivity contribution in [1.82, 2.24) is 4.98 Å². The molecule has 1 N–H and O–H groups in total. The SMILES string of the molecule is COc1ccccc1-c1c[nH]cc1-c1ccccc1OC. The first-order valence-electron chi connectivity index (χ1n) is 6.78. The van der Waals surface area contributed by atoms with Crippen LogP contribution in [0.3, 0.4) is 0 Å². The molecule has 3 rings (SSSR count). The maximum absolute atomic E-state index is 5.47. The van der Waals surface area contributed by atoms with Crippen LogP contribution in [0.5, 0.6) is 11.5 Å². The third kappa shape index (κ3) is 2.38. The molecule has 3 heteroatoms. The Labute approximate surface area is 124 Å². The average molecular weight is 279 g/mol. The highest BCUT2D eigenvalue weighted by Crippen LogP contribution is 2.40. The molecule has 0 aliphatic rings. The lowest BCUT2D eigenvalue weighted by molar-refractivity contribution is 0.416. The molecule has 0 saturated carbocycles. The van der Waals surface area contributed by atoms with Crippen LogP contribution in [-0.2, 0) is 0 Å². The van der Waals surface area contributed by atoms with Gasteiger partial charge in [-0.15, -0.1) is 0 Å². The number of methoxy groups -OCH3 is 2. The summed E-state index contributed by atoms with van der Waals surface area (Å²) in [6.45, 7) is 0. The molecule has 1 heterocycles. The monoisotopic (exact) mass is 279 g/mol. The van der Waals surface area contributed by atoms with E-state index in [1.807, 2.05) is 48.8 Å². The van der Waals surface area contributed by atoms with Gasteiger partial charge >= 0.3 is 0 Å². The average Bonchev–Trinajstić information content (AvgIpc) is 3.04. The van der Waals surface area contributed by atoms with Crippen LogP contribution in [0, 0.1) is 0 Å². The van der Waals surface area contributed by atoms with Crippen LogP contribution in [0.15, 0.2) is 60.9 Å². The number of nitrogens with one attached hydrogen (secondary N) is 1. The van der Waals surface area contributed by atoms with E-state index in [4.69, 9.17) is 9.47 Å². The second kappa shape index (κ2) is 5.75. The van der Waals surface area contributed by atoms with E-state index in [1.165, 1.54) is 0 Å². The number of benzene rings is 2. The second-order valence-corrected chi connectivity index (χ2v) is 4.68. The zero-order valence-corrected chi connectivity index (χ0v) is 12.1. The first-order chi connectivity index (χ1) is 10.3. The third-order valence-corrected chi connectivity index (χ3v) is 3.54. The molecule has 106 valence electrons. The summed E-state index contributed by atoms with van der Waals surface area (Å²) in [5.41, 5.74) is 4.30. The summed E-state index contributed by atoms with van der Waals surface area (Å²) in [4.78, 5) is 3.19. The molecule has 0 aliphatic carbocycles. The van der Waals surface area contributed by atoms with Crippen molar-refractivity contribution in [2.75, 3.05) is 14.2 Å². The van der Waals surface area contributed by atoms with Gasteiger partial charge in [-0.25, -0.2) is 0 Å². The topological polar surface area (TPSA) is 34.2 Å². The molecule has 0 radical (unpaired) electrons. The van der Waals surface area contributed by atoms with E-state index in [2.05, 4.69) is 17.1 Å². The highest BCUT2D eigenvalue weighted by atomic mass is 16.5. The summed E-state index contributed by atoms with van der Waals surface area (Å²) >= 11 is 0. The van der Waals surface area contributed by atoms with E-state index in [0.29, 0.717) is 0 Å². The molecule has 0 saturated heterocycles. The van der Waals surface area contributed by atoms with Crippen molar-refractivity contribution >= 4 is 0 Å². The zero-order chi connectivity index (χ0) is 14.7. The third-order valence-electron chi connectivity index (χ3n) is 3.54. The Morgan fingerprint density at radius 2 is 1.05 bits per heavy atom. The molecular formula is C18H17NO2. The van der Waals surface area contributed by atoms with Gasteiger partial charge in [-0.2, -0.15) is 0 Å².